The molecule has 0 radical (unpaired) electrons. The number of anilines is 3. The third kappa shape index (κ3) is 5.18. The highest BCUT2D eigenvalue weighted by Crippen LogP contribution is 2.63. The van der Waals surface area contributed by atoms with Crippen molar-refractivity contribution in [2.75, 3.05) is 4.90 Å². The van der Waals surface area contributed by atoms with E-state index in [0.717, 1.165) is 105 Å². The smallest absolute Gasteiger partial charge is 0.159 e. The van der Waals surface area contributed by atoms with Crippen LogP contribution in [0.25, 0.3) is 110 Å². The Labute approximate surface area is 407 Å². The molecule has 4 heteroatoms. The Morgan fingerprint density at radius 3 is 1.61 bits per heavy atom. The molecule has 0 fully saturated rings. The molecule has 0 unspecified atom stereocenters. The standard InChI is InChI=1S/C67H39NO3/c1-2-17-40(18-3-1)43-19-7-13-29-57(43)68(58-30-16-25-50-48-23-8-14-31-59(48)70-65(50)58)42-34-36-49-52-39-62-64(51-24-9-15-32-60(51)69-62)63(66(52)71-61(49)38-42)41-33-35-47-46-22-6-12-28-55(46)67(56(47)37-41)53-26-10-4-20-44(53)45-21-5-11-27-54(45)67/h1-39H. The van der Waals surface area contributed by atoms with Crippen LogP contribution >= 0.6 is 0 Å². The van der Waals surface area contributed by atoms with Crippen molar-refractivity contribution in [1.29, 1.82) is 0 Å². The van der Waals surface area contributed by atoms with Crippen molar-refractivity contribution in [3.63, 3.8) is 0 Å². The number of para-hydroxylation sites is 4. The number of nitrogens with zero attached hydrogens (tertiary/aromatic N) is 1. The number of benzene rings is 11. The molecule has 2 aliphatic rings. The van der Waals surface area contributed by atoms with Gasteiger partial charge in [0.2, 0.25) is 0 Å². The normalized spacial score (nSPS) is 13.2. The maximum absolute atomic E-state index is 7.40. The van der Waals surface area contributed by atoms with Gasteiger partial charge in [-0.05, 0) is 104 Å². The van der Waals surface area contributed by atoms with E-state index >= 15 is 0 Å². The number of hydrogen-bond donors (Lipinski definition) is 0. The van der Waals surface area contributed by atoms with Crippen LogP contribution in [0.3, 0.4) is 0 Å². The summed E-state index contributed by atoms with van der Waals surface area (Å²) in [4.78, 5) is 2.33. The Balaban J connectivity index is 0.965. The van der Waals surface area contributed by atoms with Crippen molar-refractivity contribution in [1.82, 2.24) is 0 Å². The van der Waals surface area contributed by atoms with Crippen LogP contribution in [0.5, 0.6) is 0 Å². The summed E-state index contributed by atoms with van der Waals surface area (Å²) < 4.78 is 21.0. The summed E-state index contributed by atoms with van der Waals surface area (Å²) in [5.41, 5.74) is 22.0. The van der Waals surface area contributed by atoms with Crippen molar-refractivity contribution in [2.24, 2.45) is 0 Å². The molecule has 0 atom stereocenters. The molecule has 0 bridgehead atoms. The molecule has 0 aliphatic heterocycles. The predicted molar refractivity (Wildman–Crippen MR) is 290 cm³/mol. The summed E-state index contributed by atoms with van der Waals surface area (Å²) in [5, 5.41) is 6.25. The molecule has 4 nitrogen and oxygen atoms in total. The lowest BCUT2D eigenvalue weighted by Gasteiger charge is -2.30. The molecule has 0 saturated heterocycles. The Morgan fingerprint density at radius 2 is 0.859 bits per heavy atom. The van der Waals surface area contributed by atoms with Crippen LogP contribution in [0.2, 0.25) is 0 Å². The Bertz CT molecular complexity index is 4490. The highest BCUT2D eigenvalue weighted by atomic mass is 16.3. The van der Waals surface area contributed by atoms with Crippen LogP contribution in [0.15, 0.2) is 250 Å². The van der Waals surface area contributed by atoms with Gasteiger partial charge in [-0.3, -0.25) is 0 Å². The SMILES string of the molecule is c1ccc(-c2ccccc2N(c2ccc3c(c2)oc2c(-c4ccc5c(c4)C4(c6ccccc6-c6ccccc64)c4ccccc4-5)c4c(cc23)oc2ccccc24)c2cccc3c2oc2ccccc23)cc1. The van der Waals surface area contributed by atoms with Gasteiger partial charge in [0, 0.05) is 49.5 Å². The fourth-order valence-corrected chi connectivity index (χ4v) is 12.6. The first kappa shape index (κ1) is 38.6. The van der Waals surface area contributed by atoms with E-state index in [0.29, 0.717) is 0 Å². The highest BCUT2D eigenvalue weighted by molar-refractivity contribution is 6.24. The van der Waals surface area contributed by atoms with E-state index in [9.17, 15) is 0 Å². The Hall–Kier alpha value is -9.38. The van der Waals surface area contributed by atoms with Crippen LogP contribution in [0, 0.1) is 0 Å². The molecular weight excluding hydrogens is 867 g/mol. The Kier molecular flexibility index (Phi) is 7.79. The second-order valence-corrected chi connectivity index (χ2v) is 19.0. The second-order valence-electron chi connectivity index (χ2n) is 19.0. The zero-order valence-corrected chi connectivity index (χ0v) is 38.2. The number of rotatable bonds is 5. The maximum Gasteiger partial charge on any atom is 0.159 e. The monoisotopic (exact) mass is 905 g/mol. The average molecular weight is 906 g/mol. The van der Waals surface area contributed by atoms with Gasteiger partial charge in [0.25, 0.3) is 0 Å². The van der Waals surface area contributed by atoms with Crippen LogP contribution in [0.4, 0.5) is 17.1 Å². The first-order valence-electron chi connectivity index (χ1n) is 24.3. The van der Waals surface area contributed by atoms with Gasteiger partial charge in [-0.1, -0.05) is 182 Å². The first-order chi connectivity index (χ1) is 35.2. The minimum atomic E-state index is -0.494. The summed E-state index contributed by atoms with van der Waals surface area (Å²) in [6.07, 6.45) is 0. The van der Waals surface area contributed by atoms with Gasteiger partial charge < -0.3 is 18.2 Å². The summed E-state index contributed by atoms with van der Waals surface area (Å²) in [6.45, 7) is 0. The van der Waals surface area contributed by atoms with E-state index in [1.807, 2.05) is 18.2 Å². The van der Waals surface area contributed by atoms with Crippen LogP contribution in [0.1, 0.15) is 22.3 Å². The van der Waals surface area contributed by atoms with Gasteiger partial charge >= 0.3 is 0 Å². The van der Waals surface area contributed by atoms with Crippen molar-refractivity contribution in [3.05, 3.63) is 259 Å². The van der Waals surface area contributed by atoms with Gasteiger partial charge in [-0.2, -0.15) is 0 Å². The molecule has 3 aromatic heterocycles. The third-order valence-electron chi connectivity index (χ3n) is 15.5. The fourth-order valence-electron chi connectivity index (χ4n) is 12.6. The van der Waals surface area contributed by atoms with Gasteiger partial charge in [0.05, 0.1) is 22.5 Å². The first-order valence-corrected chi connectivity index (χ1v) is 24.3. The van der Waals surface area contributed by atoms with Crippen molar-refractivity contribution < 1.29 is 13.3 Å². The van der Waals surface area contributed by atoms with E-state index in [4.69, 9.17) is 13.3 Å². The van der Waals surface area contributed by atoms with E-state index in [1.165, 1.54) is 44.5 Å². The second kappa shape index (κ2) is 14.3. The van der Waals surface area contributed by atoms with Crippen molar-refractivity contribution in [3.8, 4) is 44.5 Å². The Morgan fingerprint density at radius 1 is 0.296 bits per heavy atom. The van der Waals surface area contributed by atoms with Gasteiger partial charge in [-0.15, -0.1) is 0 Å². The largest absolute Gasteiger partial charge is 0.456 e. The maximum atomic E-state index is 7.40. The molecule has 0 N–H and O–H groups in total. The zero-order valence-electron chi connectivity index (χ0n) is 38.2. The number of hydrogen-bond acceptors (Lipinski definition) is 4. The van der Waals surface area contributed by atoms with E-state index in [2.05, 4.69) is 223 Å². The summed E-state index contributed by atoms with van der Waals surface area (Å²) in [6, 6.07) is 85.2. The van der Waals surface area contributed by atoms with Crippen LogP contribution in [-0.2, 0) is 5.41 Å². The predicted octanol–water partition coefficient (Wildman–Crippen LogP) is 18.5. The topological polar surface area (TPSA) is 42.7 Å². The molecule has 0 amide bonds. The average Bonchev–Trinajstić information content (AvgIpc) is 4.24. The summed E-state index contributed by atoms with van der Waals surface area (Å²) in [7, 11) is 0. The molecule has 0 saturated carbocycles. The highest BCUT2D eigenvalue weighted by Gasteiger charge is 2.51. The van der Waals surface area contributed by atoms with Crippen molar-refractivity contribution >= 4 is 82.9 Å². The molecule has 3 heterocycles. The van der Waals surface area contributed by atoms with Gasteiger partial charge in [0.15, 0.2) is 5.58 Å². The molecule has 330 valence electrons. The van der Waals surface area contributed by atoms with Crippen LogP contribution in [-0.4, -0.2) is 0 Å². The molecule has 11 aromatic carbocycles. The lowest BCUT2D eigenvalue weighted by molar-refractivity contribution is 0.664. The molecular formula is C67H39NO3. The number of furan rings is 3. The lowest BCUT2D eigenvalue weighted by Crippen LogP contribution is -2.25. The van der Waals surface area contributed by atoms with E-state index in [1.54, 1.807) is 0 Å². The van der Waals surface area contributed by atoms with E-state index < -0.39 is 5.41 Å². The number of fused-ring (bicyclic) bond motifs is 19. The summed E-state index contributed by atoms with van der Waals surface area (Å²) in [5.74, 6) is 0. The zero-order chi connectivity index (χ0) is 46.4. The van der Waals surface area contributed by atoms with Crippen LogP contribution < -0.4 is 4.90 Å². The molecule has 2 aliphatic carbocycles. The van der Waals surface area contributed by atoms with Crippen molar-refractivity contribution in [2.45, 2.75) is 5.41 Å². The quantitative estimate of drug-likeness (QED) is 0.173. The third-order valence-corrected chi connectivity index (χ3v) is 15.5. The van der Waals surface area contributed by atoms with Gasteiger partial charge in [0.1, 0.15) is 27.9 Å². The molecule has 14 aromatic rings. The molecule has 16 rings (SSSR count). The minimum absolute atomic E-state index is 0.494. The van der Waals surface area contributed by atoms with Gasteiger partial charge in [-0.25, -0.2) is 0 Å². The fraction of sp³-hybridized carbons (Fsp3) is 0.0149. The summed E-state index contributed by atoms with van der Waals surface area (Å²) >= 11 is 0. The minimum Gasteiger partial charge on any atom is -0.456 e. The molecule has 71 heavy (non-hydrogen) atoms. The van der Waals surface area contributed by atoms with E-state index in [-0.39, 0.29) is 0 Å². The molecule has 1 spiro atoms. The lowest BCUT2D eigenvalue weighted by atomic mass is 9.70.